The molecule has 0 aromatic heterocycles. The maximum absolute atomic E-state index is 13.0. The Kier molecular flexibility index (Phi) is 5.33. The molecule has 2 aromatic rings. The van der Waals surface area contributed by atoms with E-state index in [0.717, 1.165) is 18.7 Å². The minimum absolute atomic E-state index is 0.00132. The van der Waals surface area contributed by atoms with Crippen molar-refractivity contribution in [1.29, 1.82) is 0 Å². The zero-order valence-electron chi connectivity index (χ0n) is 16.3. The van der Waals surface area contributed by atoms with E-state index in [1.165, 1.54) is 5.69 Å². The normalized spacial score (nSPS) is 21.1. The van der Waals surface area contributed by atoms with Gasteiger partial charge in [0.2, 0.25) is 11.8 Å². The van der Waals surface area contributed by atoms with Gasteiger partial charge >= 0.3 is 0 Å². The summed E-state index contributed by atoms with van der Waals surface area (Å²) in [4.78, 5) is 31.7. The third-order valence-electron chi connectivity index (χ3n) is 5.97. The molecule has 0 saturated carbocycles. The van der Waals surface area contributed by atoms with Crippen LogP contribution in [0.4, 0.5) is 5.69 Å². The Hall–Kier alpha value is -2.82. The first-order valence-electron chi connectivity index (χ1n) is 10.1. The zero-order valence-corrected chi connectivity index (χ0v) is 16.3. The second kappa shape index (κ2) is 8.05. The average molecular weight is 377 g/mol. The number of para-hydroxylation sites is 1. The van der Waals surface area contributed by atoms with E-state index in [1.807, 2.05) is 65.3 Å². The Bertz CT molecular complexity index is 816. The predicted molar refractivity (Wildman–Crippen MR) is 110 cm³/mol. The second-order valence-corrected chi connectivity index (χ2v) is 7.68. The van der Waals surface area contributed by atoms with Gasteiger partial charge in [-0.3, -0.25) is 9.59 Å². The van der Waals surface area contributed by atoms with Crippen LogP contribution in [0, 0.1) is 5.92 Å². The van der Waals surface area contributed by atoms with Crippen molar-refractivity contribution in [3.8, 4) is 0 Å². The molecule has 0 spiro atoms. The van der Waals surface area contributed by atoms with Crippen LogP contribution in [0.15, 0.2) is 60.7 Å². The summed E-state index contributed by atoms with van der Waals surface area (Å²) in [5.74, 6) is -0.0108. The van der Waals surface area contributed by atoms with Crippen molar-refractivity contribution >= 4 is 17.5 Å². The highest BCUT2D eigenvalue weighted by atomic mass is 16.2. The third-order valence-corrected chi connectivity index (χ3v) is 5.97. The lowest BCUT2D eigenvalue weighted by Gasteiger charge is -2.37. The van der Waals surface area contributed by atoms with Crippen LogP contribution in [-0.2, 0) is 9.59 Å². The van der Waals surface area contributed by atoms with Gasteiger partial charge < -0.3 is 14.7 Å². The van der Waals surface area contributed by atoms with E-state index in [1.54, 1.807) is 0 Å². The minimum Gasteiger partial charge on any atom is -0.368 e. The molecule has 28 heavy (non-hydrogen) atoms. The molecule has 2 fully saturated rings. The first kappa shape index (κ1) is 18.5. The van der Waals surface area contributed by atoms with Gasteiger partial charge in [0.25, 0.3) is 0 Å². The lowest BCUT2D eigenvalue weighted by molar-refractivity contribution is -0.136. The molecule has 2 aliphatic heterocycles. The van der Waals surface area contributed by atoms with Gasteiger partial charge in [0.15, 0.2) is 0 Å². The summed E-state index contributed by atoms with van der Waals surface area (Å²) in [7, 11) is 0. The van der Waals surface area contributed by atoms with E-state index in [-0.39, 0.29) is 23.8 Å². The number of carbonyl (C=O) groups excluding carboxylic acids is 2. The van der Waals surface area contributed by atoms with Crippen molar-refractivity contribution < 1.29 is 9.59 Å². The standard InChI is InChI=1S/C23H27N3O2/c1-18(19-8-4-2-5-9-19)26-17-20(16-22(26)27)23(28)25-14-12-24(13-15-25)21-10-6-3-7-11-21/h2-11,18,20H,12-17H2,1H3/t18-,20-/m0/s1. The summed E-state index contributed by atoms with van der Waals surface area (Å²) in [6, 6.07) is 20.3. The van der Waals surface area contributed by atoms with Gasteiger partial charge in [-0.05, 0) is 24.6 Å². The van der Waals surface area contributed by atoms with Crippen LogP contribution in [0.5, 0.6) is 0 Å². The zero-order chi connectivity index (χ0) is 19.5. The number of carbonyl (C=O) groups is 2. The van der Waals surface area contributed by atoms with Gasteiger partial charge in [0, 0.05) is 44.8 Å². The second-order valence-electron chi connectivity index (χ2n) is 7.68. The fraction of sp³-hybridized carbons (Fsp3) is 0.391. The molecule has 0 aliphatic carbocycles. The van der Waals surface area contributed by atoms with Gasteiger partial charge in [-0.2, -0.15) is 0 Å². The van der Waals surface area contributed by atoms with Crippen LogP contribution in [0.1, 0.15) is 24.9 Å². The molecular formula is C23H27N3O2. The number of piperazine rings is 1. The summed E-state index contributed by atoms with van der Waals surface area (Å²) in [5.41, 5.74) is 2.31. The van der Waals surface area contributed by atoms with Crippen LogP contribution in [0.25, 0.3) is 0 Å². The first-order chi connectivity index (χ1) is 13.6. The highest BCUT2D eigenvalue weighted by molar-refractivity contribution is 5.89. The maximum atomic E-state index is 13.0. The first-order valence-corrected chi connectivity index (χ1v) is 10.1. The Morgan fingerprint density at radius 3 is 2.18 bits per heavy atom. The average Bonchev–Trinajstić information content (AvgIpc) is 3.15. The predicted octanol–water partition coefficient (Wildman–Crippen LogP) is 2.94. The maximum Gasteiger partial charge on any atom is 0.228 e. The quantitative estimate of drug-likeness (QED) is 0.823. The number of benzene rings is 2. The van der Waals surface area contributed by atoms with E-state index in [0.29, 0.717) is 26.1 Å². The molecule has 2 saturated heterocycles. The van der Waals surface area contributed by atoms with Gasteiger partial charge in [-0.25, -0.2) is 0 Å². The van der Waals surface area contributed by atoms with Crippen molar-refractivity contribution in [1.82, 2.24) is 9.80 Å². The largest absolute Gasteiger partial charge is 0.368 e. The molecule has 146 valence electrons. The van der Waals surface area contributed by atoms with Crippen LogP contribution in [-0.4, -0.2) is 54.3 Å². The number of anilines is 1. The number of rotatable bonds is 4. The molecule has 2 aromatic carbocycles. The Labute approximate surface area is 166 Å². The Balaban J connectivity index is 1.35. The molecule has 2 aliphatic rings. The number of hydrogen-bond donors (Lipinski definition) is 0. The van der Waals surface area contributed by atoms with Crippen LogP contribution >= 0.6 is 0 Å². The summed E-state index contributed by atoms with van der Waals surface area (Å²) < 4.78 is 0. The molecule has 0 unspecified atom stereocenters. The summed E-state index contributed by atoms with van der Waals surface area (Å²) >= 11 is 0. The summed E-state index contributed by atoms with van der Waals surface area (Å²) in [6.07, 6.45) is 0.328. The SMILES string of the molecule is C[C@@H](c1ccccc1)N1C[C@@H](C(=O)N2CCN(c3ccccc3)CC2)CC1=O. The third kappa shape index (κ3) is 3.75. The molecule has 0 N–H and O–H groups in total. The van der Waals surface area contributed by atoms with Crippen molar-refractivity contribution in [2.24, 2.45) is 5.92 Å². The monoisotopic (exact) mass is 377 g/mol. The lowest BCUT2D eigenvalue weighted by atomic mass is 10.1. The van der Waals surface area contributed by atoms with Crippen molar-refractivity contribution in [3.63, 3.8) is 0 Å². The van der Waals surface area contributed by atoms with E-state index in [9.17, 15) is 9.59 Å². The fourth-order valence-electron chi connectivity index (χ4n) is 4.26. The van der Waals surface area contributed by atoms with Gasteiger partial charge in [-0.1, -0.05) is 48.5 Å². The van der Waals surface area contributed by atoms with Gasteiger partial charge in [0.1, 0.15) is 0 Å². The summed E-state index contributed by atoms with van der Waals surface area (Å²) in [5, 5.41) is 0. The number of hydrogen-bond acceptors (Lipinski definition) is 3. The minimum atomic E-state index is -0.220. The molecule has 0 bridgehead atoms. The van der Waals surface area contributed by atoms with E-state index in [4.69, 9.17) is 0 Å². The van der Waals surface area contributed by atoms with Crippen LogP contribution in [0.3, 0.4) is 0 Å². The number of likely N-dealkylation sites (tertiary alicyclic amines) is 1. The molecular weight excluding hydrogens is 350 g/mol. The van der Waals surface area contributed by atoms with Crippen molar-refractivity contribution in [2.75, 3.05) is 37.6 Å². The molecule has 2 amide bonds. The number of nitrogens with zero attached hydrogens (tertiary/aromatic N) is 3. The Morgan fingerprint density at radius 1 is 0.929 bits per heavy atom. The lowest BCUT2D eigenvalue weighted by Crippen LogP contribution is -2.50. The van der Waals surface area contributed by atoms with E-state index in [2.05, 4.69) is 17.0 Å². The van der Waals surface area contributed by atoms with Crippen LogP contribution in [0.2, 0.25) is 0 Å². The fourth-order valence-corrected chi connectivity index (χ4v) is 4.26. The van der Waals surface area contributed by atoms with Crippen molar-refractivity contribution in [2.45, 2.75) is 19.4 Å². The highest BCUT2D eigenvalue weighted by Crippen LogP contribution is 2.29. The van der Waals surface area contributed by atoms with Gasteiger partial charge in [0.05, 0.1) is 12.0 Å². The molecule has 5 heteroatoms. The summed E-state index contributed by atoms with van der Waals surface area (Å²) in [6.45, 7) is 5.66. The molecule has 2 atom stereocenters. The molecule has 5 nitrogen and oxygen atoms in total. The van der Waals surface area contributed by atoms with E-state index < -0.39 is 0 Å². The Morgan fingerprint density at radius 2 is 1.54 bits per heavy atom. The smallest absolute Gasteiger partial charge is 0.228 e. The van der Waals surface area contributed by atoms with E-state index >= 15 is 0 Å². The van der Waals surface area contributed by atoms with Gasteiger partial charge in [-0.15, -0.1) is 0 Å². The number of amides is 2. The highest BCUT2D eigenvalue weighted by Gasteiger charge is 2.39. The molecule has 4 rings (SSSR count). The van der Waals surface area contributed by atoms with Crippen molar-refractivity contribution in [3.05, 3.63) is 66.2 Å². The molecule has 2 heterocycles. The molecule has 0 radical (unpaired) electrons. The van der Waals surface area contributed by atoms with Crippen LogP contribution < -0.4 is 4.90 Å². The topological polar surface area (TPSA) is 43.9 Å².